The number of hydrogen-bond donors (Lipinski definition) is 1. The highest BCUT2D eigenvalue weighted by atomic mass is 35.5. The second-order valence-electron chi connectivity index (χ2n) is 5.82. The molecule has 2 rings (SSSR count). The van der Waals surface area contributed by atoms with Gasteiger partial charge in [-0.05, 0) is 49.1 Å². The van der Waals surface area contributed by atoms with Crippen LogP contribution < -0.4 is 9.46 Å². The molecule has 0 aromatic heterocycles. The van der Waals surface area contributed by atoms with E-state index in [4.69, 9.17) is 16.3 Å². The smallest absolute Gasteiger partial charge is 0.265 e. The van der Waals surface area contributed by atoms with Gasteiger partial charge in [0.15, 0.2) is 0 Å². The third-order valence-corrected chi connectivity index (χ3v) is 5.26. The van der Waals surface area contributed by atoms with Crippen LogP contribution in [0.5, 0.6) is 5.75 Å². The minimum absolute atomic E-state index is 0.0369. The summed E-state index contributed by atoms with van der Waals surface area (Å²) in [5.41, 5.74) is 2.42. The van der Waals surface area contributed by atoms with Crippen molar-refractivity contribution in [3.63, 3.8) is 0 Å². The molecule has 4 nitrogen and oxygen atoms in total. The lowest BCUT2D eigenvalue weighted by molar-refractivity contribution is 0.331. The van der Waals surface area contributed by atoms with Crippen LogP contribution in [0.1, 0.15) is 37.8 Å². The van der Waals surface area contributed by atoms with Gasteiger partial charge in [0.05, 0.1) is 12.3 Å². The van der Waals surface area contributed by atoms with Gasteiger partial charge in [-0.25, -0.2) is 8.42 Å². The minimum atomic E-state index is -3.83. The van der Waals surface area contributed by atoms with Crippen molar-refractivity contribution in [2.75, 3.05) is 11.3 Å². The summed E-state index contributed by atoms with van der Waals surface area (Å²) in [5.74, 6) is 0.474. The van der Waals surface area contributed by atoms with Gasteiger partial charge in [-0.3, -0.25) is 4.72 Å². The molecule has 0 amide bonds. The molecule has 0 unspecified atom stereocenters. The Morgan fingerprint density at radius 1 is 1.21 bits per heavy atom. The summed E-state index contributed by atoms with van der Waals surface area (Å²) in [7, 11) is -3.83. The highest BCUT2D eigenvalue weighted by molar-refractivity contribution is 7.92. The Hall–Kier alpha value is -1.72. The summed E-state index contributed by atoms with van der Waals surface area (Å²) in [4.78, 5) is 0.0369. The molecule has 0 bridgehead atoms. The Bertz CT molecular complexity index is 832. The summed E-state index contributed by atoms with van der Waals surface area (Å²) in [6, 6.07) is 10.3. The molecule has 0 heterocycles. The first-order chi connectivity index (χ1) is 11.3. The first kappa shape index (κ1) is 18.6. The fourth-order valence-corrected chi connectivity index (χ4v) is 4.04. The number of hydrogen-bond acceptors (Lipinski definition) is 3. The average Bonchev–Trinajstić information content (AvgIpc) is 2.50. The first-order valence-corrected chi connectivity index (χ1v) is 9.67. The fraction of sp³-hybridized carbons (Fsp3) is 0.333. The van der Waals surface area contributed by atoms with Gasteiger partial charge in [0.25, 0.3) is 10.0 Å². The van der Waals surface area contributed by atoms with E-state index in [-0.39, 0.29) is 16.6 Å². The van der Waals surface area contributed by atoms with E-state index in [1.165, 1.54) is 6.07 Å². The number of anilines is 1. The molecule has 0 aliphatic heterocycles. The van der Waals surface area contributed by atoms with Crippen LogP contribution in [0.2, 0.25) is 5.02 Å². The van der Waals surface area contributed by atoms with Crippen molar-refractivity contribution in [2.45, 2.75) is 38.5 Å². The van der Waals surface area contributed by atoms with Gasteiger partial charge in [-0.1, -0.05) is 43.6 Å². The molecule has 0 atom stereocenters. The van der Waals surface area contributed by atoms with E-state index in [2.05, 4.69) is 4.72 Å². The second-order valence-corrected chi connectivity index (χ2v) is 7.91. The van der Waals surface area contributed by atoms with Crippen molar-refractivity contribution in [1.29, 1.82) is 0 Å². The summed E-state index contributed by atoms with van der Waals surface area (Å²) in [6.45, 7) is 8.10. The monoisotopic (exact) mass is 367 g/mol. The van der Waals surface area contributed by atoms with Crippen LogP contribution in [0.3, 0.4) is 0 Å². The Balaban J connectivity index is 2.53. The standard InChI is InChI=1S/C18H22ClNO3S/c1-5-23-16-10-9-14(19)11-17(16)24(21,22)20-18-13(4)7-6-8-15(18)12(2)3/h6-12,20H,5H2,1-4H3. The highest BCUT2D eigenvalue weighted by Gasteiger charge is 2.23. The van der Waals surface area contributed by atoms with E-state index in [9.17, 15) is 8.42 Å². The van der Waals surface area contributed by atoms with Crippen molar-refractivity contribution in [2.24, 2.45) is 0 Å². The maximum atomic E-state index is 12.9. The van der Waals surface area contributed by atoms with Crippen LogP contribution in [0.25, 0.3) is 0 Å². The number of benzene rings is 2. The van der Waals surface area contributed by atoms with E-state index in [0.717, 1.165) is 11.1 Å². The molecule has 2 aromatic rings. The first-order valence-electron chi connectivity index (χ1n) is 7.81. The van der Waals surface area contributed by atoms with Gasteiger partial charge >= 0.3 is 0 Å². The lowest BCUT2D eigenvalue weighted by Gasteiger charge is -2.18. The third-order valence-electron chi connectivity index (χ3n) is 3.66. The van der Waals surface area contributed by atoms with Crippen LogP contribution >= 0.6 is 11.6 Å². The van der Waals surface area contributed by atoms with Crippen LogP contribution in [0.15, 0.2) is 41.3 Å². The third kappa shape index (κ3) is 4.02. The topological polar surface area (TPSA) is 55.4 Å². The van der Waals surface area contributed by atoms with Gasteiger partial charge in [-0.15, -0.1) is 0 Å². The van der Waals surface area contributed by atoms with Crippen molar-refractivity contribution in [3.8, 4) is 5.75 Å². The summed E-state index contributed by atoms with van der Waals surface area (Å²) >= 11 is 5.99. The quantitative estimate of drug-likeness (QED) is 0.784. The van der Waals surface area contributed by atoms with E-state index >= 15 is 0 Å². The number of nitrogens with one attached hydrogen (secondary N) is 1. The number of rotatable bonds is 6. The summed E-state index contributed by atoms with van der Waals surface area (Å²) in [5, 5.41) is 0.340. The largest absolute Gasteiger partial charge is 0.492 e. The Morgan fingerprint density at radius 2 is 1.92 bits per heavy atom. The zero-order valence-corrected chi connectivity index (χ0v) is 15.8. The molecular formula is C18H22ClNO3S. The number of para-hydroxylation sites is 1. The molecule has 2 aromatic carbocycles. The van der Waals surface area contributed by atoms with Crippen molar-refractivity contribution in [3.05, 3.63) is 52.5 Å². The molecule has 0 saturated carbocycles. The fourth-order valence-electron chi connectivity index (χ4n) is 2.47. The summed E-state index contributed by atoms with van der Waals surface area (Å²) < 4.78 is 34.0. The Kier molecular flexibility index (Phi) is 5.78. The van der Waals surface area contributed by atoms with Crippen molar-refractivity contribution in [1.82, 2.24) is 0 Å². The van der Waals surface area contributed by atoms with Crippen LogP contribution in [-0.2, 0) is 10.0 Å². The minimum Gasteiger partial charge on any atom is -0.492 e. The number of aryl methyl sites for hydroxylation is 1. The van der Waals surface area contributed by atoms with E-state index in [0.29, 0.717) is 17.3 Å². The molecule has 1 N–H and O–H groups in total. The second kappa shape index (κ2) is 7.45. The van der Waals surface area contributed by atoms with Gasteiger partial charge in [0, 0.05) is 5.02 Å². The van der Waals surface area contributed by atoms with E-state index in [1.807, 2.05) is 39.0 Å². The zero-order valence-electron chi connectivity index (χ0n) is 14.3. The Morgan fingerprint density at radius 3 is 2.54 bits per heavy atom. The van der Waals surface area contributed by atoms with Gasteiger partial charge in [0.1, 0.15) is 10.6 Å². The molecule has 0 aliphatic rings. The molecule has 0 aliphatic carbocycles. The van der Waals surface area contributed by atoms with E-state index in [1.54, 1.807) is 19.1 Å². The number of halogens is 1. The van der Waals surface area contributed by atoms with Crippen LogP contribution in [0, 0.1) is 6.92 Å². The normalized spacial score (nSPS) is 11.6. The predicted octanol–water partition coefficient (Wildman–Crippen LogP) is 4.97. The predicted molar refractivity (Wildman–Crippen MR) is 98.7 cm³/mol. The molecule has 24 heavy (non-hydrogen) atoms. The molecule has 130 valence electrons. The maximum absolute atomic E-state index is 12.9. The van der Waals surface area contributed by atoms with Crippen LogP contribution in [0.4, 0.5) is 5.69 Å². The zero-order chi connectivity index (χ0) is 17.9. The van der Waals surface area contributed by atoms with Gasteiger partial charge < -0.3 is 4.74 Å². The molecule has 6 heteroatoms. The highest BCUT2D eigenvalue weighted by Crippen LogP contribution is 2.33. The van der Waals surface area contributed by atoms with Crippen LogP contribution in [-0.4, -0.2) is 15.0 Å². The SMILES string of the molecule is CCOc1ccc(Cl)cc1S(=O)(=O)Nc1c(C)cccc1C(C)C. The van der Waals surface area contributed by atoms with Gasteiger partial charge in [0.2, 0.25) is 0 Å². The lowest BCUT2D eigenvalue weighted by atomic mass is 9.99. The maximum Gasteiger partial charge on any atom is 0.265 e. The Labute approximate surface area is 148 Å². The number of ether oxygens (including phenoxy) is 1. The summed E-state index contributed by atoms with van der Waals surface area (Å²) in [6.07, 6.45) is 0. The average molecular weight is 368 g/mol. The van der Waals surface area contributed by atoms with Gasteiger partial charge in [-0.2, -0.15) is 0 Å². The molecular weight excluding hydrogens is 346 g/mol. The molecule has 0 saturated heterocycles. The lowest BCUT2D eigenvalue weighted by Crippen LogP contribution is -2.17. The number of sulfonamides is 1. The molecule has 0 spiro atoms. The molecule has 0 fully saturated rings. The van der Waals surface area contributed by atoms with Crippen molar-refractivity contribution < 1.29 is 13.2 Å². The van der Waals surface area contributed by atoms with Crippen molar-refractivity contribution >= 4 is 27.3 Å². The van der Waals surface area contributed by atoms with E-state index < -0.39 is 10.0 Å². The molecule has 0 radical (unpaired) electrons.